The summed E-state index contributed by atoms with van der Waals surface area (Å²) in [6, 6.07) is -0.0904. The van der Waals surface area contributed by atoms with E-state index in [1.807, 2.05) is 18.7 Å². The first-order valence-electron chi connectivity index (χ1n) is 7.80. The molecule has 0 aromatic carbocycles. The molecule has 1 aromatic rings. The molecule has 0 bridgehead atoms. The number of carbonyl (C=O) groups is 1. The SMILES string of the molecule is CCCCOC(=O)N1CCN(c2c([N+](=O)[O-])cnn2C)CC1C. The Morgan fingerprint density at radius 3 is 2.87 bits per heavy atom. The van der Waals surface area contributed by atoms with Crippen LogP contribution in [0.4, 0.5) is 16.3 Å². The van der Waals surface area contributed by atoms with Crippen molar-refractivity contribution < 1.29 is 14.5 Å². The Labute approximate surface area is 134 Å². The van der Waals surface area contributed by atoms with Gasteiger partial charge in [0.05, 0.1) is 11.5 Å². The lowest BCUT2D eigenvalue weighted by Gasteiger charge is -2.39. The van der Waals surface area contributed by atoms with Gasteiger partial charge in [-0.2, -0.15) is 5.10 Å². The zero-order valence-electron chi connectivity index (χ0n) is 13.8. The van der Waals surface area contributed by atoms with Crippen LogP contribution in [-0.2, 0) is 11.8 Å². The van der Waals surface area contributed by atoms with E-state index in [-0.39, 0.29) is 17.8 Å². The van der Waals surface area contributed by atoms with Gasteiger partial charge in [-0.25, -0.2) is 9.48 Å². The number of aromatic nitrogens is 2. The smallest absolute Gasteiger partial charge is 0.410 e. The van der Waals surface area contributed by atoms with Crippen LogP contribution in [0.25, 0.3) is 0 Å². The predicted octanol–water partition coefficient (Wildman–Crippen LogP) is 1.78. The summed E-state index contributed by atoms with van der Waals surface area (Å²) >= 11 is 0. The highest BCUT2D eigenvalue weighted by molar-refractivity contribution is 5.69. The number of amides is 1. The molecular weight excluding hydrogens is 302 g/mol. The average Bonchev–Trinajstić information content (AvgIpc) is 2.89. The maximum absolute atomic E-state index is 12.1. The molecule has 1 atom stereocenters. The Kier molecular flexibility index (Phi) is 5.41. The monoisotopic (exact) mass is 325 g/mol. The topological polar surface area (TPSA) is 93.7 Å². The number of unbranched alkanes of at least 4 members (excludes halogenated alkanes) is 1. The van der Waals surface area contributed by atoms with Gasteiger partial charge in [0.1, 0.15) is 6.20 Å². The van der Waals surface area contributed by atoms with Crippen molar-refractivity contribution in [3.05, 3.63) is 16.3 Å². The molecule has 1 saturated heterocycles. The molecule has 23 heavy (non-hydrogen) atoms. The van der Waals surface area contributed by atoms with E-state index in [1.54, 1.807) is 11.9 Å². The van der Waals surface area contributed by atoms with E-state index in [9.17, 15) is 14.9 Å². The number of nitro groups is 1. The fourth-order valence-corrected chi connectivity index (χ4v) is 2.72. The van der Waals surface area contributed by atoms with Crippen LogP contribution in [0.15, 0.2) is 6.20 Å². The number of ether oxygens (including phenoxy) is 1. The van der Waals surface area contributed by atoms with Gasteiger partial charge in [-0.3, -0.25) is 10.1 Å². The van der Waals surface area contributed by atoms with Crippen molar-refractivity contribution >= 4 is 17.6 Å². The van der Waals surface area contributed by atoms with Gasteiger partial charge in [0, 0.05) is 32.7 Å². The number of rotatable bonds is 5. The summed E-state index contributed by atoms with van der Waals surface area (Å²) in [6.07, 6.45) is 2.76. The van der Waals surface area contributed by atoms with Gasteiger partial charge in [-0.05, 0) is 13.3 Å². The summed E-state index contributed by atoms with van der Waals surface area (Å²) in [6.45, 7) is 5.85. The molecular formula is C14H23N5O4. The van der Waals surface area contributed by atoms with E-state index >= 15 is 0 Å². The standard InChI is InChI=1S/C14H23N5O4/c1-4-5-8-23-14(20)18-7-6-17(10-11(18)2)13-12(19(21)22)9-15-16(13)3/h9,11H,4-8,10H2,1-3H3. The van der Waals surface area contributed by atoms with Crippen molar-refractivity contribution in [1.82, 2.24) is 14.7 Å². The van der Waals surface area contributed by atoms with Crippen LogP contribution in [0.5, 0.6) is 0 Å². The van der Waals surface area contributed by atoms with Crippen LogP contribution in [0.1, 0.15) is 26.7 Å². The lowest BCUT2D eigenvalue weighted by atomic mass is 10.2. The van der Waals surface area contributed by atoms with E-state index in [2.05, 4.69) is 5.10 Å². The van der Waals surface area contributed by atoms with E-state index in [0.29, 0.717) is 32.1 Å². The van der Waals surface area contributed by atoms with Gasteiger partial charge in [-0.1, -0.05) is 13.3 Å². The largest absolute Gasteiger partial charge is 0.449 e. The Morgan fingerprint density at radius 2 is 2.26 bits per heavy atom. The van der Waals surface area contributed by atoms with E-state index in [4.69, 9.17) is 4.74 Å². The Morgan fingerprint density at radius 1 is 1.52 bits per heavy atom. The molecule has 2 rings (SSSR count). The normalized spacial score (nSPS) is 18.1. The summed E-state index contributed by atoms with van der Waals surface area (Å²) < 4.78 is 6.75. The molecule has 0 saturated carbocycles. The Bertz CT molecular complexity index is 574. The van der Waals surface area contributed by atoms with Gasteiger partial charge in [-0.15, -0.1) is 0 Å². The van der Waals surface area contributed by atoms with Gasteiger partial charge >= 0.3 is 11.8 Å². The number of carbonyl (C=O) groups excluding carboxylic acids is 1. The van der Waals surface area contributed by atoms with Crippen LogP contribution in [0.2, 0.25) is 0 Å². The fraction of sp³-hybridized carbons (Fsp3) is 0.714. The quantitative estimate of drug-likeness (QED) is 0.465. The van der Waals surface area contributed by atoms with Crippen molar-refractivity contribution in [3.63, 3.8) is 0 Å². The highest BCUT2D eigenvalue weighted by Crippen LogP contribution is 2.29. The Balaban J connectivity index is 2.03. The van der Waals surface area contributed by atoms with Gasteiger partial charge in [0.2, 0.25) is 5.82 Å². The van der Waals surface area contributed by atoms with E-state index in [0.717, 1.165) is 12.8 Å². The predicted molar refractivity (Wildman–Crippen MR) is 84.5 cm³/mol. The average molecular weight is 325 g/mol. The van der Waals surface area contributed by atoms with E-state index < -0.39 is 4.92 Å². The highest BCUT2D eigenvalue weighted by atomic mass is 16.6. The van der Waals surface area contributed by atoms with Crippen molar-refractivity contribution in [2.24, 2.45) is 7.05 Å². The van der Waals surface area contributed by atoms with Crippen molar-refractivity contribution in [1.29, 1.82) is 0 Å². The Hall–Kier alpha value is -2.32. The number of nitrogens with zero attached hydrogens (tertiary/aromatic N) is 5. The molecule has 0 radical (unpaired) electrons. The second-order valence-electron chi connectivity index (χ2n) is 5.69. The molecule has 0 spiro atoms. The minimum atomic E-state index is -0.432. The van der Waals surface area contributed by atoms with Gasteiger partial charge in [0.15, 0.2) is 0 Å². The van der Waals surface area contributed by atoms with Crippen LogP contribution < -0.4 is 4.90 Å². The molecule has 2 heterocycles. The molecule has 0 N–H and O–H groups in total. The maximum atomic E-state index is 12.1. The summed E-state index contributed by atoms with van der Waals surface area (Å²) in [4.78, 5) is 26.3. The third-order valence-corrected chi connectivity index (χ3v) is 3.97. The zero-order chi connectivity index (χ0) is 17.0. The molecule has 128 valence electrons. The minimum Gasteiger partial charge on any atom is -0.449 e. The summed E-state index contributed by atoms with van der Waals surface area (Å²) in [5.74, 6) is 0.473. The lowest BCUT2D eigenvalue weighted by Crippen LogP contribution is -2.54. The summed E-state index contributed by atoms with van der Waals surface area (Å²) in [5.41, 5.74) is -0.0151. The van der Waals surface area contributed by atoms with Crippen LogP contribution in [0, 0.1) is 10.1 Å². The second kappa shape index (κ2) is 7.30. The molecule has 1 aliphatic heterocycles. The van der Waals surface area contributed by atoms with Crippen molar-refractivity contribution in [2.75, 3.05) is 31.1 Å². The summed E-state index contributed by atoms with van der Waals surface area (Å²) in [5, 5.41) is 15.1. The first-order chi connectivity index (χ1) is 11.0. The fourth-order valence-electron chi connectivity index (χ4n) is 2.72. The number of aryl methyl sites for hydroxylation is 1. The van der Waals surface area contributed by atoms with E-state index in [1.165, 1.54) is 10.9 Å². The number of hydrogen-bond donors (Lipinski definition) is 0. The molecule has 9 heteroatoms. The number of hydrogen-bond acceptors (Lipinski definition) is 6. The van der Waals surface area contributed by atoms with Gasteiger partial charge in [0.25, 0.3) is 0 Å². The first kappa shape index (κ1) is 17.0. The van der Waals surface area contributed by atoms with Crippen molar-refractivity contribution in [3.8, 4) is 0 Å². The highest BCUT2D eigenvalue weighted by Gasteiger charge is 2.33. The van der Waals surface area contributed by atoms with Gasteiger partial charge < -0.3 is 14.5 Å². The number of piperazine rings is 1. The molecule has 1 aromatic heterocycles. The third kappa shape index (κ3) is 3.72. The van der Waals surface area contributed by atoms with Crippen LogP contribution in [0.3, 0.4) is 0 Å². The third-order valence-electron chi connectivity index (χ3n) is 3.97. The molecule has 1 aliphatic rings. The maximum Gasteiger partial charge on any atom is 0.410 e. The second-order valence-corrected chi connectivity index (χ2v) is 5.69. The van der Waals surface area contributed by atoms with Crippen LogP contribution in [-0.4, -0.2) is 58.0 Å². The molecule has 9 nitrogen and oxygen atoms in total. The molecule has 1 fully saturated rings. The minimum absolute atomic E-state index is 0.0151. The molecule has 1 amide bonds. The van der Waals surface area contributed by atoms with Crippen molar-refractivity contribution in [2.45, 2.75) is 32.7 Å². The number of anilines is 1. The zero-order valence-corrected chi connectivity index (χ0v) is 13.8. The summed E-state index contributed by atoms with van der Waals surface area (Å²) in [7, 11) is 1.68. The van der Waals surface area contributed by atoms with Crippen LogP contribution >= 0.6 is 0 Å². The molecule has 0 aliphatic carbocycles. The first-order valence-corrected chi connectivity index (χ1v) is 7.80. The lowest BCUT2D eigenvalue weighted by molar-refractivity contribution is -0.384. The molecule has 1 unspecified atom stereocenters.